The van der Waals surface area contributed by atoms with Crippen LogP contribution in [0.25, 0.3) is 0 Å². The number of nitrogens with two attached hydrogens (primary N) is 1. The molecule has 0 saturated heterocycles. The van der Waals surface area contributed by atoms with Gasteiger partial charge in [0.25, 0.3) is 0 Å². The van der Waals surface area contributed by atoms with Crippen LogP contribution in [0.1, 0.15) is 30.5 Å². The van der Waals surface area contributed by atoms with Gasteiger partial charge in [-0.25, -0.2) is 0 Å². The molecule has 0 spiro atoms. The van der Waals surface area contributed by atoms with E-state index in [9.17, 15) is 8.42 Å². The van der Waals surface area contributed by atoms with Crippen molar-refractivity contribution in [3.63, 3.8) is 0 Å². The lowest BCUT2D eigenvalue weighted by molar-refractivity contribution is 0.0885. The van der Waals surface area contributed by atoms with Crippen molar-refractivity contribution in [2.24, 2.45) is 5.14 Å². The fourth-order valence-electron chi connectivity index (χ4n) is 4.02. The van der Waals surface area contributed by atoms with E-state index in [4.69, 9.17) is 28.3 Å². The monoisotopic (exact) mass is 466 g/mol. The first-order chi connectivity index (χ1) is 15.0. The third-order valence-corrected chi connectivity index (χ3v) is 6.04. The summed E-state index contributed by atoms with van der Waals surface area (Å²) in [6, 6.07) is 7.37. The maximum Gasteiger partial charge on any atom is 0.380 e. The third kappa shape index (κ3) is 5.03. The van der Waals surface area contributed by atoms with Crippen LogP contribution in [0, 0.1) is 0 Å². The second-order valence-corrected chi connectivity index (χ2v) is 9.38. The Hall–Kier alpha value is -2.69. The molecule has 3 rings (SSSR count). The number of hydrogen-bond acceptors (Lipinski definition) is 8. The van der Waals surface area contributed by atoms with Crippen molar-refractivity contribution < 1.29 is 31.5 Å². The zero-order valence-corrected chi connectivity index (χ0v) is 20.0. The van der Waals surface area contributed by atoms with E-state index in [2.05, 4.69) is 18.7 Å². The molecule has 0 saturated carbocycles. The Bertz CT molecular complexity index is 1070. The molecule has 0 atom stereocenters. The molecule has 0 aromatic heterocycles. The highest BCUT2D eigenvalue weighted by Gasteiger charge is 2.34. The summed E-state index contributed by atoms with van der Waals surface area (Å²) in [6.07, 6.45) is 0.678. The van der Waals surface area contributed by atoms with E-state index in [0.29, 0.717) is 42.5 Å². The number of fused-ring (bicyclic) bond motifs is 1. The van der Waals surface area contributed by atoms with Gasteiger partial charge in [0.2, 0.25) is 5.75 Å². The average Bonchev–Trinajstić information content (AvgIpc) is 2.71. The van der Waals surface area contributed by atoms with Crippen LogP contribution in [-0.4, -0.2) is 47.3 Å². The highest BCUT2D eigenvalue weighted by Crippen LogP contribution is 2.41. The van der Waals surface area contributed by atoms with Crippen molar-refractivity contribution in [1.82, 2.24) is 4.90 Å². The van der Waals surface area contributed by atoms with Crippen molar-refractivity contribution in [2.75, 3.05) is 28.4 Å². The van der Waals surface area contributed by atoms with Crippen molar-refractivity contribution in [2.45, 2.75) is 38.9 Å². The molecule has 1 heterocycles. The fourth-order valence-corrected chi connectivity index (χ4v) is 4.40. The zero-order valence-electron chi connectivity index (χ0n) is 19.2. The number of hydrogen-bond donors (Lipinski definition) is 1. The average molecular weight is 467 g/mol. The minimum absolute atomic E-state index is 0.0858. The molecule has 0 bridgehead atoms. The van der Waals surface area contributed by atoms with Gasteiger partial charge < -0.3 is 23.1 Å². The molecule has 9 nitrogen and oxygen atoms in total. The quantitative estimate of drug-likeness (QED) is 0.632. The fraction of sp³-hybridized carbons (Fsp3) is 0.455. The Morgan fingerprint density at radius 3 is 1.94 bits per heavy atom. The first-order valence-corrected chi connectivity index (χ1v) is 11.4. The van der Waals surface area contributed by atoms with Crippen LogP contribution in [0.4, 0.5) is 0 Å². The lowest BCUT2D eigenvalue weighted by Crippen LogP contribution is -2.47. The van der Waals surface area contributed by atoms with E-state index < -0.39 is 10.3 Å². The van der Waals surface area contributed by atoms with Crippen molar-refractivity contribution in [3.05, 3.63) is 41.0 Å². The number of rotatable bonds is 8. The summed E-state index contributed by atoms with van der Waals surface area (Å²) < 4.78 is 49.5. The van der Waals surface area contributed by atoms with Gasteiger partial charge in [0.1, 0.15) is 0 Å². The van der Waals surface area contributed by atoms with Gasteiger partial charge in [-0.3, -0.25) is 4.90 Å². The maximum absolute atomic E-state index is 11.4. The van der Waals surface area contributed by atoms with Crippen molar-refractivity contribution in [1.29, 1.82) is 0 Å². The summed E-state index contributed by atoms with van der Waals surface area (Å²) in [6.45, 7) is 5.54. The maximum atomic E-state index is 11.4. The predicted octanol–water partition coefficient (Wildman–Crippen LogP) is 2.64. The van der Waals surface area contributed by atoms with Crippen LogP contribution in [0.15, 0.2) is 24.3 Å². The summed E-state index contributed by atoms with van der Waals surface area (Å²) >= 11 is 0. The lowest BCUT2D eigenvalue weighted by Gasteiger charge is -2.43. The molecule has 0 fully saturated rings. The second-order valence-electron chi connectivity index (χ2n) is 8.23. The minimum Gasteiger partial charge on any atom is -0.493 e. The van der Waals surface area contributed by atoms with Crippen molar-refractivity contribution in [3.8, 4) is 28.7 Å². The van der Waals surface area contributed by atoms with Gasteiger partial charge >= 0.3 is 10.3 Å². The van der Waals surface area contributed by atoms with E-state index >= 15 is 0 Å². The molecule has 176 valence electrons. The van der Waals surface area contributed by atoms with E-state index in [0.717, 1.165) is 16.7 Å². The van der Waals surface area contributed by atoms with Gasteiger partial charge in [-0.05, 0) is 61.2 Å². The number of ether oxygens (including phenoxy) is 4. The summed E-state index contributed by atoms with van der Waals surface area (Å²) in [7, 11) is 2.06. The summed E-state index contributed by atoms with van der Waals surface area (Å²) in [5.41, 5.74) is 2.80. The van der Waals surface area contributed by atoms with Gasteiger partial charge in [-0.1, -0.05) is 0 Å². The first-order valence-electron chi connectivity index (χ1n) is 9.97. The summed E-state index contributed by atoms with van der Waals surface area (Å²) in [4.78, 5) is 2.33. The van der Waals surface area contributed by atoms with E-state index in [-0.39, 0.29) is 11.3 Å². The SMILES string of the molecule is COc1cc2c(cc1OS(N)(=O)=O)CC(C)(C)N(Cc1cc(OC)c(OC)c(OC)c1)C2. The molecule has 1 aliphatic rings. The normalized spacial score (nSPS) is 15.6. The first kappa shape index (κ1) is 24.0. The Morgan fingerprint density at radius 2 is 1.44 bits per heavy atom. The second kappa shape index (κ2) is 9.05. The minimum atomic E-state index is -4.16. The Morgan fingerprint density at radius 1 is 0.875 bits per heavy atom. The van der Waals surface area contributed by atoms with Gasteiger partial charge in [-0.2, -0.15) is 13.6 Å². The van der Waals surface area contributed by atoms with Crippen LogP contribution in [0.3, 0.4) is 0 Å². The van der Waals surface area contributed by atoms with Gasteiger partial charge in [0.15, 0.2) is 23.0 Å². The van der Waals surface area contributed by atoms with E-state index in [1.807, 2.05) is 12.1 Å². The number of benzene rings is 2. The molecular weight excluding hydrogens is 436 g/mol. The molecule has 2 N–H and O–H groups in total. The molecule has 0 amide bonds. The van der Waals surface area contributed by atoms with E-state index in [1.165, 1.54) is 7.11 Å². The smallest absolute Gasteiger partial charge is 0.380 e. The van der Waals surface area contributed by atoms with Crippen LogP contribution in [-0.2, 0) is 29.8 Å². The Kier molecular flexibility index (Phi) is 6.77. The Balaban J connectivity index is 1.95. The van der Waals surface area contributed by atoms with Crippen LogP contribution >= 0.6 is 0 Å². The highest BCUT2D eigenvalue weighted by atomic mass is 32.2. The van der Waals surface area contributed by atoms with Crippen LogP contribution in [0.2, 0.25) is 0 Å². The van der Waals surface area contributed by atoms with Crippen molar-refractivity contribution >= 4 is 10.3 Å². The van der Waals surface area contributed by atoms with Crippen LogP contribution in [0.5, 0.6) is 28.7 Å². The molecule has 2 aromatic rings. The van der Waals surface area contributed by atoms with E-state index in [1.54, 1.807) is 33.5 Å². The zero-order chi connectivity index (χ0) is 23.7. The largest absolute Gasteiger partial charge is 0.493 e. The number of methoxy groups -OCH3 is 4. The summed E-state index contributed by atoms with van der Waals surface area (Å²) in [5, 5.41) is 5.05. The third-order valence-electron chi connectivity index (χ3n) is 5.63. The van der Waals surface area contributed by atoms with Crippen LogP contribution < -0.4 is 28.3 Å². The van der Waals surface area contributed by atoms with Gasteiger partial charge in [0.05, 0.1) is 28.4 Å². The Labute approximate surface area is 189 Å². The molecule has 0 aliphatic carbocycles. The molecule has 0 radical (unpaired) electrons. The van der Waals surface area contributed by atoms with Gasteiger partial charge in [-0.15, -0.1) is 0 Å². The standard InChI is InChI=1S/C22H30N2O7S/c1-22(2)11-15-9-18(31-32(23,25)26)17(27-3)10-16(15)13-24(22)12-14-7-19(28-4)21(30-6)20(8-14)29-5/h7-10H,11-13H2,1-6H3,(H2,23,25,26). The summed E-state index contributed by atoms with van der Waals surface area (Å²) in [5.74, 6) is 2.15. The lowest BCUT2D eigenvalue weighted by atomic mass is 9.85. The molecule has 10 heteroatoms. The molecule has 2 aromatic carbocycles. The van der Waals surface area contributed by atoms with Gasteiger partial charge in [0, 0.05) is 18.6 Å². The topological polar surface area (TPSA) is 110 Å². The number of nitrogens with zero attached hydrogens (tertiary/aromatic N) is 1. The molecule has 0 unspecified atom stereocenters. The molecule has 32 heavy (non-hydrogen) atoms. The highest BCUT2D eigenvalue weighted by molar-refractivity contribution is 7.84. The molecule has 1 aliphatic heterocycles. The predicted molar refractivity (Wildman–Crippen MR) is 120 cm³/mol. The molecular formula is C22H30N2O7S.